The molecule has 2 aromatic heterocycles. The van der Waals surface area contributed by atoms with Crippen LogP contribution in [0.1, 0.15) is 36.5 Å². The van der Waals surface area contributed by atoms with Crippen molar-refractivity contribution < 1.29 is 34.1 Å². The smallest absolute Gasteiger partial charge is 0.238 e. The molecule has 0 spiro atoms. The molecule has 0 radical (unpaired) electrons. The van der Waals surface area contributed by atoms with E-state index < -0.39 is 36.4 Å². The van der Waals surface area contributed by atoms with Gasteiger partial charge in [0.15, 0.2) is 0 Å². The first-order chi connectivity index (χ1) is 25.9. The van der Waals surface area contributed by atoms with E-state index in [9.17, 15) is 24.9 Å². The average molecular weight is 712 g/mol. The van der Waals surface area contributed by atoms with Gasteiger partial charge < -0.3 is 29.8 Å². The highest BCUT2D eigenvalue weighted by atomic mass is 16.5. The molecule has 0 saturated carbocycles. The van der Waals surface area contributed by atoms with Gasteiger partial charge in [0.05, 0.1) is 35.9 Å². The number of fused-ring (bicyclic) bond motifs is 1. The topological polar surface area (TPSA) is 145 Å². The number of benzene rings is 3. The number of hydrogen-bond acceptors (Lipinski definition) is 9. The lowest BCUT2D eigenvalue weighted by molar-refractivity contribution is -0.123. The Hall–Kier alpha value is -5.81. The summed E-state index contributed by atoms with van der Waals surface area (Å²) >= 11 is 0. The van der Waals surface area contributed by atoms with Crippen LogP contribution in [0, 0.1) is 17.8 Å². The predicted molar refractivity (Wildman–Crippen MR) is 202 cm³/mol. The number of amides is 2. The summed E-state index contributed by atoms with van der Waals surface area (Å²) in [6, 6.07) is 35.1. The Balaban J connectivity index is 1.17. The molecule has 4 N–H and O–H groups in total. The minimum absolute atomic E-state index is 0.0801. The van der Waals surface area contributed by atoms with Crippen molar-refractivity contribution >= 4 is 40.5 Å². The molecule has 53 heavy (non-hydrogen) atoms. The number of aliphatic hydroxyl groups excluding tert-OH is 3. The molecule has 3 aromatic carbocycles. The van der Waals surface area contributed by atoms with Crippen LogP contribution < -0.4 is 15.0 Å². The number of aliphatic hydroxyl groups is 3. The maximum absolute atomic E-state index is 14.2. The van der Waals surface area contributed by atoms with E-state index in [2.05, 4.69) is 10.3 Å². The van der Waals surface area contributed by atoms with Crippen LogP contribution in [-0.2, 0) is 16.2 Å². The molecule has 10 nitrogen and oxygen atoms in total. The molecule has 1 aliphatic heterocycles. The summed E-state index contributed by atoms with van der Waals surface area (Å²) in [6.45, 7) is -0.585. The number of hydrogen-bond donors (Lipinski definition) is 4. The van der Waals surface area contributed by atoms with Crippen molar-refractivity contribution in [3.8, 4) is 5.75 Å². The Labute approximate surface area is 307 Å². The van der Waals surface area contributed by atoms with E-state index in [4.69, 9.17) is 9.15 Å². The lowest BCUT2D eigenvalue weighted by atomic mass is 9.68. The van der Waals surface area contributed by atoms with Crippen LogP contribution in [0.2, 0.25) is 0 Å². The van der Waals surface area contributed by atoms with Crippen LogP contribution in [-0.4, -0.2) is 51.4 Å². The van der Waals surface area contributed by atoms with Gasteiger partial charge in [-0.3, -0.25) is 19.5 Å². The van der Waals surface area contributed by atoms with E-state index in [0.29, 0.717) is 46.2 Å². The van der Waals surface area contributed by atoms with Gasteiger partial charge in [0.1, 0.15) is 30.5 Å². The van der Waals surface area contributed by atoms with E-state index >= 15 is 0 Å². The molecule has 2 amide bonds. The number of furan rings is 1. The molecule has 3 heterocycles. The number of rotatable bonds is 14. The number of para-hydroxylation sites is 2. The Morgan fingerprint density at radius 2 is 1.60 bits per heavy atom. The van der Waals surface area contributed by atoms with Crippen molar-refractivity contribution in [1.82, 2.24) is 4.98 Å². The van der Waals surface area contributed by atoms with Gasteiger partial charge >= 0.3 is 0 Å². The molecule has 1 fully saturated rings. The fraction of sp³-hybridized carbons (Fsp3) is 0.233. The van der Waals surface area contributed by atoms with Crippen molar-refractivity contribution in [3.63, 3.8) is 0 Å². The highest BCUT2D eigenvalue weighted by molar-refractivity contribution is 6.22. The van der Waals surface area contributed by atoms with Gasteiger partial charge in [-0.1, -0.05) is 42.5 Å². The molecule has 0 unspecified atom stereocenters. The molecular weight excluding hydrogens is 670 g/mol. The van der Waals surface area contributed by atoms with Crippen molar-refractivity contribution in [2.24, 2.45) is 17.8 Å². The maximum atomic E-state index is 14.2. The van der Waals surface area contributed by atoms with Crippen LogP contribution in [0.5, 0.6) is 5.75 Å². The van der Waals surface area contributed by atoms with Gasteiger partial charge in [-0.2, -0.15) is 0 Å². The van der Waals surface area contributed by atoms with Gasteiger partial charge in [-0.25, -0.2) is 0 Å². The lowest BCUT2D eigenvalue weighted by Gasteiger charge is -2.36. The van der Waals surface area contributed by atoms with Gasteiger partial charge in [0.2, 0.25) is 11.8 Å². The first-order valence-electron chi connectivity index (χ1n) is 17.7. The fourth-order valence-corrected chi connectivity index (χ4v) is 7.42. The standard InChI is InChI=1S/C43H41N3O7/c47-25-35-20-19-34(53-35)23-28(38-13-7-8-22-44-38)14-21-39(49)40-29(27-52-33-11-5-2-6-12-33)24-36-41(37(40)26-48)43(51)46(42(36)50)32-17-15-31(16-18-32)45-30-9-3-1-4-10-30/h1-13,15-20,22-23,36-37,39,41,45,47-49H,14,21,24-27H2/b28-23-/t36-,37+,39-,41-/m1/s1. The highest BCUT2D eigenvalue weighted by Gasteiger charge is 2.55. The van der Waals surface area contributed by atoms with Crippen LogP contribution in [0.3, 0.4) is 0 Å². The number of carbonyl (C=O) groups excluding carboxylic acids is 2. The van der Waals surface area contributed by atoms with E-state index in [0.717, 1.165) is 16.9 Å². The van der Waals surface area contributed by atoms with Crippen molar-refractivity contribution in [3.05, 3.63) is 150 Å². The number of aromatic nitrogens is 1. The summed E-state index contributed by atoms with van der Waals surface area (Å²) in [5, 5.41) is 35.8. The third kappa shape index (κ3) is 7.85. The molecule has 1 aliphatic carbocycles. The zero-order valence-corrected chi connectivity index (χ0v) is 29.0. The molecule has 270 valence electrons. The Bertz CT molecular complexity index is 2080. The predicted octanol–water partition coefficient (Wildman–Crippen LogP) is 6.79. The molecule has 0 bridgehead atoms. The second-order valence-corrected chi connectivity index (χ2v) is 13.2. The second kappa shape index (κ2) is 16.2. The number of pyridine rings is 1. The van der Waals surface area contributed by atoms with Gasteiger partial charge in [-0.05, 0) is 115 Å². The minimum Gasteiger partial charge on any atom is -0.489 e. The number of allylic oxidation sites excluding steroid dienone is 1. The summed E-state index contributed by atoms with van der Waals surface area (Å²) in [6.07, 6.45) is 3.26. The third-order valence-corrected chi connectivity index (χ3v) is 9.92. The van der Waals surface area contributed by atoms with Crippen LogP contribution in [0.4, 0.5) is 17.1 Å². The summed E-state index contributed by atoms with van der Waals surface area (Å²) in [7, 11) is 0. The summed E-state index contributed by atoms with van der Waals surface area (Å²) in [5.41, 5.74) is 4.86. The molecule has 10 heteroatoms. The molecule has 4 atom stereocenters. The number of carbonyl (C=O) groups is 2. The highest BCUT2D eigenvalue weighted by Crippen LogP contribution is 2.47. The van der Waals surface area contributed by atoms with E-state index in [1.807, 2.05) is 97.1 Å². The quantitative estimate of drug-likeness (QED) is 0.0723. The van der Waals surface area contributed by atoms with Crippen LogP contribution in [0.25, 0.3) is 11.6 Å². The number of ether oxygens (including phenoxy) is 1. The zero-order valence-electron chi connectivity index (χ0n) is 29.0. The summed E-state index contributed by atoms with van der Waals surface area (Å²) in [4.78, 5) is 34.1. The molecular formula is C43H41N3O7. The Kier molecular flexibility index (Phi) is 10.9. The first-order valence-corrected chi connectivity index (χ1v) is 17.7. The maximum Gasteiger partial charge on any atom is 0.238 e. The second-order valence-electron chi connectivity index (χ2n) is 13.2. The fourth-order valence-electron chi connectivity index (χ4n) is 7.42. The van der Waals surface area contributed by atoms with Crippen molar-refractivity contribution in [2.75, 3.05) is 23.4 Å². The van der Waals surface area contributed by atoms with Crippen molar-refractivity contribution in [1.29, 1.82) is 0 Å². The summed E-state index contributed by atoms with van der Waals surface area (Å²) < 4.78 is 11.9. The number of nitrogens with zero attached hydrogens (tertiary/aromatic N) is 2. The Morgan fingerprint density at radius 3 is 2.28 bits per heavy atom. The van der Waals surface area contributed by atoms with Gasteiger partial charge in [0.25, 0.3) is 0 Å². The van der Waals surface area contributed by atoms with Gasteiger partial charge in [-0.15, -0.1) is 0 Å². The molecule has 5 aromatic rings. The van der Waals surface area contributed by atoms with Crippen LogP contribution in [0.15, 0.2) is 137 Å². The SMILES string of the molecule is O=C1[C@@H]2[C@@H](CC(COc3ccccc3)=C([C@H](O)CC/C(=C/c3ccc(CO)o3)c3ccccn3)[C@@H]2CO)C(=O)N1c1ccc(Nc2ccccc2)cc1. The third-order valence-electron chi connectivity index (χ3n) is 9.92. The minimum atomic E-state index is -1.07. The average Bonchev–Trinajstić information content (AvgIpc) is 3.76. The normalized spacial score (nSPS) is 19.3. The molecule has 2 aliphatic rings. The number of nitrogens with one attached hydrogen (secondary N) is 1. The van der Waals surface area contributed by atoms with Crippen LogP contribution >= 0.6 is 0 Å². The lowest BCUT2D eigenvalue weighted by Crippen LogP contribution is -2.40. The number of imide groups is 1. The van der Waals surface area contributed by atoms with Crippen molar-refractivity contribution in [2.45, 2.75) is 32.0 Å². The van der Waals surface area contributed by atoms with Gasteiger partial charge in [0, 0.05) is 23.5 Å². The van der Waals surface area contributed by atoms with E-state index in [-0.39, 0.29) is 32.0 Å². The monoisotopic (exact) mass is 711 g/mol. The number of anilines is 3. The van der Waals surface area contributed by atoms with E-state index in [1.165, 1.54) is 4.90 Å². The Morgan fingerprint density at radius 1 is 0.887 bits per heavy atom. The molecule has 1 saturated heterocycles. The summed E-state index contributed by atoms with van der Waals surface area (Å²) in [5.74, 6) is -1.54. The molecule has 7 rings (SSSR count). The zero-order chi connectivity index (χ0) is 36.7. The van der Waals surface area contributed by atoms with E-state index in [1.54, 1.807) is 30.5 Å². The first kappa shape index (κ1) is 35.6. The largest absolute Gasteiger partial charge is 0.489 e.